The summed E-state index contributed by atoms with van der Waals surface area (Å²) in [4.78, 5) is 41.9. The van der Waals surface area contributed by atoms with E-state index >= 15 is 0 Å². The molecule has 1 saturated carbocycles. The van der Waals surface area contributed by atoms with Crippen LogP contribution in [0.3, 0.4) is 0 Å². The van der Waals surface area contributed by atoms with Gasteiger partial charge in [0, 0.05) is 18.7 Å². The van der Waals surface area contributed by atoms with E-state index in [2.05, 4.69) is 10.6 Å². The van der Waals surface area contributed by atoms with E-state index in [1.165, 1.54) is 20.3 Å². The van der Waals surface area contributed by atoms with Crippen molar-refractivity contribution in [1.29, 1.82) is 0 Å². The summed E-state index contributed by atoms with van der Waals surface area (Å²) >= 11 is 0. The third-order valence-corrected chi connectivity index (χ3v) is 8.45. The zero-order chi connectivity index (χ0) is 30.8. The van der Waals surface area contributed by atoms with Crippen LogP contribution in [0, 0.1) is 0 Å². The highest BCUT2D eigenvalue weighted by Gasteiger charge is 2.55. The minimum absolute atomic E-state index is 0.00773. The second-order valence-corrected chi connectivity index (χ2v) is 11.2. The summed E-state index contributed by atoms with van der Waals surface area (Å²) in [5, 5.41) is 5.90. The van der Waals surface area contributed by atoms with Crippen molar-refractivity contribution in [2.45, 2.75) is 36.9 Å². The standard InChI is InChI=1S/C33H35N3O8/c1-40-23-8-6-22(7-9-23)33(12-13-33)32(39)36-17-24-29(18-36)44-26-10-4-20(14-27(26)42-3)16-34-30(37)19-43-28-15-21(31(38)35-24)5-11-25(28)41-2/h4-11,14-15,24,29H,12-13,16-19H2,1-3H3,(H,34,37)(H,35,38)/t24-,29-/m0/s1. The van der Waals surface area contributed by atoms with Gasteiger partial charge in [0.2, 0.25) is 5.91 Å². The molecule has 3 aliphatic heterocycles. The number of ether oxygens (including phenoxy) is 5. The van der Waals surface area contributed by atoms with Gasteiger partial charge in [-0.3, -0.25) is 14.4 Å². The molecule has 4 aliphatic rings. The molecule has 0 spiro atoms. The molecule has 230 valence electrons. The van der Waals surface area contributed by atoms with Gasteiger partial charge in [0.05, 0.1) is 39.3 Å². The number of benzene rings is 3. The Morgan fingerprint density at radius 3 is 2.36 bits per heavy atom. The number of likely N-dealkylation sites (tertiary alicyclic amines) is 1. The van der Waals surface area contributed by atoms with E-state index in [-0.39, 0.29) is 49.7 Å². The molecule has 3 heterocycles. The second-order valence-electron chi connectivity index (χ2n) is 11.2. The maximum Gasteiger partial charge on any atom is 0.258 e. The van der Waals surface area contributed by atoms with E-state index in [1.54, 1.807) is 36.3 Å². The number of amides is 3. The predicted molar refractivity (Wildman–Crippen MR) is 159 cm³/mol. The lowest BCUT2D eigenvalue weighted by Gasteiger charge is -2.24. The van der Waals surface area contributed by atoms with Crippen LogP contribution in [-0.2, 0) is 21.5 Å². The van der Waals surface area contributed by atoms with E-state index in [9.17, 15) is 14.4 Å². The molecule has 44 heavy (non-hydrogen) atoms. The van der Waals surface area contributed by atoms with Crippen molar-refractivity contribution in [2.24, 2.45) is 0 Å². The van der Waals surface area contributed by atoms with E-state index in [4.69, 9.17) is 23.7 Å². The Balaban J connectivity index is 1.31. The first-order chi connectivity index (χ1) is 21.3. The second kappa shape index (κ2) is 12.0. The number of hydrogen-bond acceptors (Lipinski definition) is 8. The molecular weight excluding hydrogens is 566 g/mol. The molecule has 7 rings (SSSR count). The number of hydrogen-bond donors (Lipinski definition) is 2. The summed E-state index contributed by atoms with van der Waals surface area (Å²) in [5.41, 5.74) is 1.46. The van der Waals surface area contributed by atoms with Crippen LogP contribution < -0.4 is 34.3 Å². The van der Waals surface area contributed by atoms with Crippen LogP contribution in [0.15, 0.2) is 60.7 Å². The maximum atomic E-state index is 14.0. The van der Waals surface area contributed by atoms with Crippen LogP contribution in [0.2, 0.25) is 0 Å². The Bertz CT molecular complexity index is 1570. The van der Waals surface area contributed by atoms with Crippen molar-refractivity contribution in [3.05, 3.63) is 77.4 Å². The Morgan fingerprint density at radius 2 is 1.66 bits per heavy atom. The zero-order valence-electron chi connectivity index (χ0n) is 24.9. The van der Waals surface area contributed by atoms with Crippen LogP contribution >= 0.6 is 0 Å². The van der Waals surface area contributed by atoms with Crippen LogP contribution in [0.5, 0.6) is 28.7 Å². The molecule has 4 bridgehead atoms. The molecule has 0 aromatic heterocycles. The summed E-state index contributed by atoms with van der Waals surface area (Å²) < 4.78 is 28.5. The summed E-state index contributed by atoms with van der Waals surface area (Å²) in [5.74, 6) is 1.61. The lowest BCUT2D eigenvalue weighted by atomic mass is 9.94. The fourth-order valence-electron chi connectivity index (χ4n) is 5.82. The number of methoxy groups -OCH3 is 3. The van der Waals surface area contributed by atoms with Crippen molar-refractivity contribution in [1.82, 2.24) is 15.5 Å². The first-order valence-corrected chi connectivity index (χ1v) is 14.5. The third-order valence-electron chi connectivity index (χ3n) is 8.45. The van der Waals surface area contributed by atoms with Gasteiger partial charge in [-0.05, 0) is 66.4 Å². The minimum atomic E-state index is -0.602. The fourth-order valence-corrected chi connectivity index (χ4v) is 5.82. The number of rotatable bonds is 5. The van der Waals surface area contributed by atoms with Crippen molar-refractivity contribution in [2.75, 3.05) is 41.0 Å². The molecule has 1 aliphatic carbocycles. The molecular formula is C33H35N3O8. The van der Waals surface area contributed by atoms with Gasteiger partial charge in [-0.2, -0.15) is 0 Å². The lowest BCUT2D eigenvalue weighted by molar-refractivity contribution is -0.133. The molecule has 2 fully saturated rings. The number of nitrogens with zero attached hydrogens (tertiary/aromatic N) is 1. The van der Waals surface area contributed by atoms with E-state index in [1.807, 2.05) is 30.3 Å². The number of carbonyl (C=O) groups excluding carboxylic acids is 3. The molecule has 11 heteroatoms. The first kappa shape index (κ1) is 29.2. The van der Waals surface area contributed by atoms with Crippen molar-refractivity contribution in [3.63, 3.8) is 0 Å². The maximum absolute atomic E-state index is 14.0. The lowest BCUT2D eigenvalue weighted by Crippen LogP contribution is -2.45. The third kappa shape index (κ3) is 5.69. The van der Waals surface area contributed by atoms with Crippen molar-refractivity contribution in [3.8, 4) is 28.7 Å². The number of fused-ring (bicyclic) bond motifs is 7. The zero-order valence-corrected chi connectivity index (χ0v) is 24.9. The highest BCUT2D eigenvalue weighted by molar-refractivity contribution is 5.95. The van der Waals surface area contributed by atoms with Gasteiger partial charge in [0.1, 0.15) is 11.9 Å². The van der Waals surface area contributed by atoms with Gasteiger partial charge in [-0.1, -0.05) is 18.2 Å². The molecule has 3 amide bonds. The highest BCUT2D eigenvalue weighted by Crippen LogP contribution is 2.50. The Morgan fingerprint density at radius 1 is 0.886 bits per heavy atom. The molecule has 0 radical (unpaired) electrons. The van der Waals surface area contributed by atoms with Gasteiger partial charge in [0.15, 0.2) is 29.6 Å². The average Bonchev–Trinajstić information content (AvgIpc) is 3.78. The van der Waals surface area contributed by atoms with E-state index in [0.29, 0.717) is 22.8 Å². The highest BCUT2D eigenvalue weighted by atomic mass is 16.5. The van der Waals surface area contributed by atoms with Crippen LogP contribution in [-0.4, -0.2) is 75.8 Å². The quantitative estimate of drug-likeness (QED) is 0.458. The molecule has 2 N–H and O–H groups in total. The van der Waals surface area contributed by atoms with Gasteiger partial charge in [-0.25, -0.2) is 0 Å². The molecule has 3 aromatic rings. The van der Waals surface area contributed by atoms with Gasteiger partial charge < -0.3 is 39.2 Å². The van der Waals surface area contributed by atoms with Gasteiger partial charge in [-0.15, -0.1) is 0 Å². The smallest absolute Gasteiger partial charge is 0.258 e. The normalized spacial score (nSPS) is 20.7. The molecule has 11 nitrogen and oxygen atoms in total. The average molecular weight is 602 g/mol. The predicted octanol–water partition coefficient (Wildman–Crippen LogP) is 2.84. The number of nitrogens with one attached hydrogen (secondary N) is 2. The Kier molecular flexibility index (Phi) is 7.94. The van der Waals surface area contributed by atoms with E-state index < -0.39 is 17.6 Å². The molecule has 1 saturated heterocycles. The summed E-state index contributed by atoms with van der Waals surface area (Å²) in [7, 11) is 4.64. The summed E-state index contributed by atoms with van der Waals surface area (Å²) in [6, 6.07) is 17.3. The SMILES string of the molecule is COc1ccc(C2(C(=O)N3C[C@@H]4NC(=O)c5ccc(OC)c(c5)OCC(=O)NCc5ccc(c(OC)c5)O[C@H]4C3)CC2)cc1. The Labute approximate surface area is 255 Å². The van der Waals surface area contributed by atoms with Gasteiger partial charge >= 0.3 is 0 Å². The molecule has 3 aromatic carbocycles. The summed E-state index contributed by atoms with van der Waals surface area (Å²) in [6.45, 7) is 0.528. The van der Waals surface area contributed by atoms with Gasteiger partial charge in [0.25, 0.3) is 11.8 Å². The van der Waals surface area contributed by atoms with Crippen LogP contribution in [0.1, 0.15) is 34.3 Å². The fraction of sp³-hybridized carbons (Fsp3) is 0.364. The van der Waals surface area contributed by atoms with Crippen molar-refractivity contribution < 1.29 is 38.1 Å². The van der Waals surface area contributed by atoms with E-state index in [0.717, 1.165) is 29.7 Å². The summed E-state index contributed by atoms with van der Waals surface area (Å²) in [6.07, 6.45) is 0.939. The molecule has 0 unspecified atom stereocenters. The van der Waals surface area contributed by atoms with Crippen LogP contribution in [0.25, 0.3) is 0 Å². The monoisotopic (exact) mass is 601 g/mol. The number of carbonyl (C=O) groups is 3. The largest absolute Gasteiger partial charge is 0.497 e. The minimum Gasteiger partial charge on any atom is -0.497 e. The Hall–Kier alpha value is -4.93. The van der Waals surface area contributed by atoms with Crippen molar-refractivity contribution >= 4 is 17.7 Å². The topological polar surface area (TPSA) is 125 Å². The molecule has 2 atom stereocenters. The first-order valence-electron chi connectivity index (χ1n) is 14.5. The van der Waals surface area contributed by atoms with Crippen LogP contribution in [0.4, 0.5) is 0 Å².